The van der Waals surface area contributed by atoms with Crippen LogP contribution in [0.15, 0.2) is 42.5 Å². The fourth-order valence-corrected chi connectivity index (χ4v) is 2.21. The molecule has 0 radical (unpaired) electrons. The predicted molar refractivity (Wildman–Crippen MR) is 73.5 cm³/mol. The highest BCUT2D eigenvalue weighted by atomic mass is 35.5. The molecule has 0 fully saturated rings. The van der Waals surface area contributed by atoms with E-state index in [4.69, 9.17) is 28.9 Å². The molecule has 0 saturated heterocycles. The van der Waals surface area contributed by atoms with Crippen molar-refractivity contribution in [3.05, 3.63) is 69.5 Å². The molecule has 2 aromatic rings. The van der Waals surface area contributed by atoms with Crippen molar-refractivity contribution < 1.29 is 4.39 Å². The van der Waals surface area contributed by atoms with Gasteiger partial charge in [0, 0.05) is 21.7 Å². The molecule has 18 heavy (non-hydrogen) atoms. The van der Waals surface area contributed by atoms with Crippen molar-refractivity contribution in [1.82, 2.24) is 0 Å². The molecule has 0 aromatic heterocycles. The van der Waals surface area contributed by atoms with Gasteiger partial charge in [0.15, 0.2) is 0 Å². The van der Waals surface area contributed by atoms with Crippen molar-refractivity contribution in [2.24, 2.45) is 5.73 Å². The number of halogens is 3. The molecule has 94 valence electrons. The van der Waals surface area contributed by atoms with Crippen molar-refractivity contribution in [2.45, 2.75) is 12.5 Å². The molecular weight excluding hydrogens is 272 g/mol. The van der Waals surface area contributed by atoms with Crippen molar-refractivity contribution >= 4 is 23.2 Å². The molecule has 0 amide bonds. The third kappa shape index (κ3) is 3.02. The normalized spacial score (nSPS) is 12.4. The summed E-state index contributed by atoms with van der Waals surface area (Å²) in [6.45, 7) is 0. The van der Waals surface area contributed by atoms with Crippen LogP contribution >= 0.6 is 23.2 Å². The second-order valence-corrected chi connectivity index (χ2v) is 4.91. The largest absolute Gasteiger partial charge is 0.324 e. The molecule has 2 rings (SSSR count). The smallest absolute Gasteiger partial charge is 0.127 e. The van der Waals surface area contributed by atoms with Crippen molar-refractivity contribution in [2.75, 3.05) is 0 Å². The molecule has 0 saturated carbocycles. The lowest BCUT2D eigenvalue weighted by molar-refractivity contribution is 0.580. The Morgan fingerprint density at radius 2 is 1.83 bits per heavy atom. The van der Waals surface area contributed by atoms with Crippen molar-refractivity contribution in [3.63, 3.8) is 0 Å². The number of rotatable bonds is 3. The number of benzene rings is 2. The summed E-state index contributed by atoms with van der Waals surface area (Å²) in [6, 6.07) is 11.2. The SMILES string of the molecule is NC(Cc1cc(Cl)ccc1Cl)c1ccccc1F. The van der Waals surface area contributed by atoms with E-state index in [1.807, 2.05) is 0 Å². The zero-order chi connectivity index (χ0) is 13.1. The number of hydrogen-bond donors (Lipinski definition) is 1. The van der Waals surface area contributed by atoms with Crippen LogP contribution in [0, 0.1) is 5.82 Å². The van der Waals surface area contributed by atoms with Gasteiger partial charge < -0.3 is 5.73 Å². The molecule has 0 heterocycles. The summed E-state index contributed by atoms with van der Waals surface area (Å²) in [5, 5.41) is 1.18. The summed E-state index contributed by atoms with van der Waals surface area (Å²) in [7, 11) is 0. The fourth-order valence-electron chi connectivity index (χ4n) is 1.82. The Bertz CT molecular complexity index is 557. The predicted octanol–water partition coefficient (Wildman–Crippen LogP) is 4.38. The third-order valence-electron chi connectivity index (χ3n) is 2.75. The average molecular weight is 284 g/mol. The molecule has 0 aliphatic carbocycles. The summed E-state index contributed by atoms with van der Waals surface area (Å²) in [5.41, 5.74) is 7.30. The zero-order valence-corrected chi connectivity index (χ0v) is 11.0. The van der Waals surface area contributed by atoms with Gasteiger partial charge >= 0.3 is 0 Å². The van der Waals surface area contributed by atoms with Crippen LogP contribution in [0.25, 0.3) is 0 Å². The van der Waals surface area contributed by atoms with E-state index in [-0.39, 0.29) is 5.82 Å². The Hall–Kier alpha value is -1.09. The Labute approximate surface area is 115 Å². The molecule has 0 bridgehead atoms. The van der Waals surface area contributed by atoms with E-state index in [0.29, 0.717) is 22.0 Å². The summed E-state index contributed by atoms with van der Waals surface area (Å²) < 4.78 is 13.6. The monoisotopic (exact) mass is 283 g/mol. The molecule has 1 atom stereocenters. The lowest BCUT2D eigenvalue weighted by atomic mass is 9.99. The van der Waals surface area contributed by atoms with Gasteiger partial charge in [-0.05, 0) is 36.2 Å². The highest BCUT2D eigenvalue weighted by Crippen LogP contribution is 2.26. The molecule has 1 unspecified atom stereocenters. The molecule has 0 aliphatic rings. The second kappa shape index (κ2) is 5.70. The Kier molecular flexibility index (Phi) is 4.23. The van der Waals surface area contributed by atoms with Crippen LogP contribution in [0.5, 0.6) is 0 Å². The van der Waals surface area contributed by atoms with E-state index in [0.717, 1.165) is 5.56 Å². The van der Waals surface area contributed by atoms with Crippen LogP contribution in [-0.2, 0) is 6.42 Å². The third-order valence-corrected chi connectivity index (χ3v) is 3.36. The first-order valence-corrected chi connectivity index (χ1v) is 6.27. The highest BCUT2D eigenvalue weighted by molar-refractivity contribution is 6.33. The van der Waals surface area contributed by atoms with E-state index in [2.05, 4.69) is 0 Å². The Morgan fingerprint density at radius 1 is 1.11 bits per heavy atom. The van der Waals surface area contributed by atoms with Gasteiger partial charge in [0.2, 0.25) is 0 Å². The molecule has 1 nitrogen and oxygen atoms in total. The van der Waals surface area contributed by atoms with Crippen LogP contribution in [0.1, 0.15) is 17.2 Å². The van der Waals surface area contributed by atoms with Crippen molar-refractivity contribution in [1.29, 1.82) is 0 Å². The minimum absolute atomic E-state index is 0.303. The first kappa shape index (κ1) is 13.3. The van der Waals surface area contributed by atoms with Gasteiger partial charge in [0.05, 0.1) is 0 Å². The zero-order valence-electron chi connectivity index (χ0n) is 9.54. The first-order chi connectivity index (χ1) is 8.58. The minimum Gasteiger partial charge on any atom is -0.324 e. The van der Waals surface area contributed by atoms with Crippen LogP contribution in [0.4, 0.5) is 4.39 Å². The first-order valence-electron chi connectivity index (χ1n) is 5.52. The molecule has 2 N–H and O–H groups in total. The highest BCUT2D eigenvalue weighted by Gasteiger charge is 2.13. The lowest BCUT2D eigenvalue weighted by Gasteiger charge is -2.14. The minimum atomic E-state index is -0.442. The maximum atomic E-state index is 13.6. The van der Waals surface area contributed by atoms with E-state index in [1.54, 1.807) is 36.4 Å². The summed E-state index contributed by atoms with van der Waals surface area (Å²) >= 11 is 12.0. The van der Waals surface area contributed by atoms with Gasteiger partial charge in [-0.3, -0.25) is 0 Å². The van der Waals surface area contributed by atoms with Crippen LogP contribution in [0.3, 0.4) is 0 Å². The summed E-state index contributed by atoms with van der Waals surface area (Å²) in [6.07, 6.45) is 0.445. The van der Waals surface area contributed by atoms with Gasteiger partial charge in [-0.15, -0.1) is 0 Å². The van der Waals surface area contributed by atoms with Gasteiger partial charge in [0.25, 0.3) is 0 Å². The van der Waals surface area contributed by atoms with E-state index < -0.39 is 6.04 Å². The van der Waals surface area contributed by atoms with Crippen LogP contribution in [-0.4, -0.2) is 0 Å². The second-order valence-electron chi connectivity index (χ2n) is 4.07. The van der Waals surface area contributed by atoms with Crippen LogP contribution in [0.2, 0.25) is 10.0 Å². The van der Waals surface area contributed by atoms with Gasteiger partial charge in [-0.25, -0.2) is 4.39 Å². The van der Waals surface area contributed by atoms with Gasteiger partial charge in [0.1, 0.15) is 5.82 Å². The molecule has 0 spiro atoms. The summed E-state index contributed by atoms with van der Waals surface area (Å²) in [5.74, 6) is -0.303. The van der Waals surface area contributed by atoms with E-state index in [1.165, 1.54) is 6.07 Å². The Balaban J connectivity index is 2.24. The topological polar surface area (TPSA) is 26.0 Å². The molecule has 4 heteroatoms. The average Bonchev–Trinajstić information content (AvgIpc) is 2.34. The maximum Gasteiger partial charge on any atom is 0.127 e. The van der Waals surface area contributed by atoms with Crippen molar-refractivity contribution in [3.8, 4) is 0 Å². The number of nitrogens with two attached hydrogens (primary N) is 1. The molecular formula is C14H12Cl2FN. The van der Waals surface area contributed by atoms with Gasteiger partial charge in [-0.2, -0.15) is 0 Å². The lowest BCUT2D eigenvalue weighted by Crippen LogP contribution is -2.15. The quantitative estimate of drug-likeness (QED) is 0.889. The standard InChI is InChI=1S/C14H12Cl2FN/c15-10-5-6-12(16)9(7-10)8-14(18)11-3-1-2-4-13(11)17/h1-7,14H,8,18H2. The van der Waals surface area contributed by atoms with E-state index >= 15 is 0 Å². The maximum absolute atomic E-state index is 13.6. The number of hydrogen-bond acceptors (Lipinski definition) is 1. The van der Waals surface area contributed by atoms with E-state index in [9.17, 15) is 4.39 Å². The molecule has 0 aliphatic heterocycles. The van der Waals surface area contributed by atoms with Gasteiger partial charge in [-0.1, -0.05) is 41.4 Å². The fraction of sp³-hybridized carbons (Fsp3) is 0.143. The van der Waals surface area contributed by atoms with Crippen LogP contribution < -0.4 is 5.73 Å². The molecule has 2 aromatic carbocycles. The Morgan fingerprint density at radius 3 is 2.56 bits per heavy atom. The summed E-state index contributed by atoms with van der Waals surface area (Å²) in [4.78, 5) is 0.